The highest BCUT2D eigenvalue weighted by Gasteiger charge is 2.23. The second-order valence-corrected chi connectivity index (χ2v) is 4.02. The number of benzene rings is 1. The topological polar surface area (TPSA) is 40.5 Å². The predicted molar refractivity (Wildman–Crippen MR) is 81.8 cm³/mol. The van der Waals surface area contributed by atoms with E-state index < -0.39 is 0 Å². The first-order chi connectivity index (χ1) is 9.18. The number of aliphatic hydroxyl groups is 1. The van der Waals surface area contributed by atoms with E-state index >= 15 is 0 Å². The molecule has 1 unspecified atom stereocenters. The molecule has 106 valence electrons. The molecule has 1 aliphatic heterocycles. The molecule has 0 aliphatic carbocycles. The van der Waals surface area contributed by atoms with Gasteiger partial charge in [0.15, 0.2) is 5.78 Å². The van der Waals surface area contributed by atoms with E-state index in [1.807, 2.05) is 32.1 Å². The van der Waals surface area contributed by atoms with Gasteiger partial charge in [-0.3, -0.25) is 4.79 Å². The number of anilines is 1. The number of aliphatic hydroxyl groups excluding tert-OH is 1. The van der Waals surface area contributed by atoms with Crippen molar-refractivity contribution in [3.05, 3.63) is 42.0 Å². The number of likely N-dealkylation sites (N-methyl/N-ethyl adjacent to an activating group) is 1. The van der Waals surface area contributed by atoms with Gasteiger partial charge < -0.3 is 10.0 Å². The minimum Gasteiger partial charge on any atom is -0.400 e. The Hall–Kier alpha value is -1.61. The average Bonchev–Trinajstić information content (AvgIpc) is 2.78. The number of ketones is 1. The van der Waals surface area contributed by atoms with E-state index in [2.05, 4.69) is 24.1 Å². The SMILES string of the molecule is CC.CC(=O)/C=C/C1CN(C)c2ccccc21.CO. The van der Waals surface area contributed by atoms with Crippen LogP contribution in [0.1, 0.15) is 32.3 Å². The van der Waals surface area contributed by atoms with Gasteiger partial charge in [0, 0.05) is 32.3 Å². The summed E-state index contributed by atoms with van der Waals surface area (Å²) in [7, 11) is 3.08. The summed E-state index contributed by atoms with van der Waals surface area (Å²) in [6.07, 6.45) is 3.67. The standard InChI is InChI=1S/C13H15NO.C2H6.CH4O/c1-10(15)7-8-11-9-14(2)13-6-4-3-5-12(11)13;2*1-2/h3-8,11H,9H2,1-2H3;1-2H3;2H,1H3/b8-7+;;. The lowest BCUT2D eigenvalue weighted by Crippen LogP contribution is -2.14. The van der Waals surface area contributed by atoms with E-state index in [1.54, 1.807) is 13.0 Å². The highest BCUT2D eigenvalue weighted by molar-refractivity contribution is 5.87. The molecule has 1 aromatic rings. The fourth-order valence-corrected chi connectivity index (χ4v) is 2.06. The third-order valence-corrected chi connectivity index (χ3v) is 2.78. The Morgan fingerprint density at radius 1 is 1.32 bits per heavy atom. The summed E-state index contributed by atoms with van der Waals surface area (Å²) in [5.74, 6) is 0.470. The highest BCUT2D eigenvalue weighted by atomic mass is 16.2. The molecular formula is C16H25NO2. The number of carbonyl (C=O) groups is 1. The second kappa shape index (κ2) is 9.34. The van der Waals surface area contributed by atoms with Crippen molar-refractivity contribution in [2.75, 3.05) is 25.6 Å². The van der Waals surface area contributed by atoms with Gasteiger partial charge in [-0.05, 0) is 24.6 Å². The molecule has 0 bridgehead atoms. The van der Waals surface area contributed by atoms with E-state index in [1.165, 1.54) is 11.3 Å². The van der Waals surface area contributed by atoms with Gasteiger partial charge >= 0.3 is 0 Å². The summed E-state index contributed by atoms with van der Waals surface area (Å²) in [4.78, 5) is 13.1. The summed E-state index contributed by atoms with van der Waals surface area (Å²) >= 11 is 0. The summed E-state index contributed by atoms with van der Waals surface area (Å²) < 4.78 is 0. The van der Waals surface area contributed by atoms with Crippen LogP contribution in [0.3, 0.4) is 0 Å². The summed E-state index contributed by atoms with van der Waals surface area (Å²) in [5, 5.41) is 7.00. The van der Waals surface area contributed by atoms with E-state index in [-0.39, 0.29) is 5.78 Å². The Labute approximate surface area is 116 Å². The lowest BCUT2D eigenvalue weighted by atomic mass is 10.0. The number of carbonyl (C=O) groups excluding carboxylic acids is 1. The number of hydrogen-bond donors (Lipinski definition) is 1. The minimum atomic E-state index is 0.113. The number of para-hydroxylation sites is 1. The molecular weight excluding hydrogens is 238 g/mol. The highest BCUT2D eigenvalue weighted by Crippen LogP contribution is 2.35. The molecule has 1 N–H and O–H groups in total. The van der Waals surface area contributed by atoms with Crippen molar-refractivity contribution >= 4 is 11.5 Å². The monoisotopic (exact) mass is 263 g/mol. The van der Waals surface area contributed by atoms with Gasteiger partial charge in [0.05, 0.1) is 0 Å². The Bertz CT molecular complexity index is 413. The van der Waals surface area contributed by atoms with E-state index in [0.717, 1.165) is 13.7 Å². The molecule has 1 heterocycles. The van der Waals surface area contributed by atoms with E-state index in [0.29, 0.717) is 5.92 Å². The molecule has 19 heavy (non-hydrogen) atoms. The van der Waals surface area contributed by atoms with Crippen molar-refractivity contribution in [2.24, 2.45) is 0 Å². The molecule has 1 aliphatic rings. The Morgan fingerprint density at radius 2 is 1.89 bits per heavy atom. The van der Waals surface area contributed by atoms with Gasteiger partial charge in [-0.2, -0.15) is 0 Å². The smallest absolute Gasteiger partial charge is 0.152 e. The zero-order valence-electron chi connectivity index (χ0n) is 12.6. The summed E-state index contributed by atoms with van der Waals surface area (Å²) in [6, 6.07) is 8.35. The molecule has 3 nitrogen and oxygen atoms in total. The van der Waals surface area contributed by atoms with Crippen LogP contribution in [0.4, 0.5) is 5.69 Å². The van der Waals surface area contributed by atoms with E-state index in [9.17, 15) is 4.79 Å². The lowest BCUT2D eigenvalue weighted by molar-refractivity contribution is -0.112. The Kier molecular flexibility index (Phi) is 8.55. The number of nitrogens with zero attached hydrogens (tertiary/aromatic N) is 1. The van der Waals surface area contributed by atoms with Gasteiger partial charge in [-0.1, -0.05) is 38.1 Å². The fourth-order valence-electron chi connectivity index (χ4n) is 2.06. The summed E-state index contributed by atoms with van der Waals surface area (Å²) in [5.41, 5.74) is 2.59. The van der Waals surface area contributed by atoms with Crippen LogP contribution < -0.4 is 4.90 Å². The molecule has 0 fully saturated rings. The molecule has 3 heteroatoms. The molecule has 1 atom stereocenters. The molecule has 0 radical (unpaired) electrons. The van der Waals surface area contributed by atoms with Crippen molar-refractivity contribution in [2.45, 2.75) is 26.7 Å². The number of rotatable bonds is 2. The third-order valence-electron chi connectivity index (χ3n) is 2.78. The predicted octanol–water partition coefficient (Wildman–Crippen LogP) is 3.00. The first-order valence-electron chi connectivity index (χ1n) is 6.62. The van der Waals surface area contributed by atoms with Crippen molar-refractivity contribution in [1.82, 2.24) is 0 Å². The maximum absolute atomic E-state index is 10.9. The number of allylic oxidation sites excluding steroid dienone is 1. The molecule has 1 aromatic carbocycles. The molecule has 0 saturated carbocycles. The van der Waals surface area contributed by atoms with Crippen LogP contribution in [0.5, 0.6) is 0 Å². The van der Waals surface area contributed by atoms with Crippen molar-refractivity contribution in [1.29, 1.82) is 0 Å². The molecule has 0 aromatic heterocycles. The van der Waals surface area contributed by atoms with E-state index in [4.69, 9.17) is 5.11 Å². The van der Waals surface area contributed by atoms with Gasteiger partial charge in [0.2, 0.25) is 0 Å². The lowest BCUT2D eigenvalue weighted by Gasteiger charge is -2.10. The molecule has 0 amide bonds. The summed E-state index contributed by atoms with van der Waals surface area (Å²) in [6.45, 7) is 6.55. The average molecular weight is 263 g/mol. The molecule has 2 rings (SSSR count). The van der Waals surface area contributed by atoms with Gasteiger partial charge in [-0.25, -0.2) is 0 Å². The molecule has 0 spiro atoms. The van der Waals surface area contributed by atoms with Crippen LogP contribution in [0.2, 0.25) is 0 Å². The van der Waals surface area contributed by atoms with Crippen LogP contribution in [0.15, 0.2) is 36.4 Å². The van der Waals surface area contributed by atoms with Gasteiger partial charge in [-0.15, -0.1) is 0 Å². The largest absolute Gasteiger partial charge is 0.400 e. The Morgan fingerprint density at radius 3 is 2.47 bits per heavy atom. The third kappa shape index (κ3) is 4.87. The van der Waals surface area contributed by atoms with Crippen LogP contribution in [-0.4, -0.2) is 31.6 Å². The maximum Gasteiger partial charge on any atom is 0.152 e. The second-order valence-electron chi connectivity index (χ2n) is 4.02. The van der Waals surface area contributed by atoms with Crippen LogP contribution in [0, 0.1) is 0 Å². The first-order valence-corrected chi connectivity index (χ1v) is 6.62. The zero-order chi connectivity index (χ0) is 14.8. The minimum absolute atomic E-state index is 0.113. The van der Waals surface area contributed by atoms with Crippen LogP contribution in [0.25, 0.3) is 0 Å². The number of hydrogen-bond acceptors (Lipinski definition) is 3. The number of fused-ring (bicyclic) bond motifs is 1. The normalized spacial score (nSPS) is 16.1. The van der Waals surface area contributed by atoms with Gasteiger partial charge in [0.1, 0.15) is 0 Å². The fraction of sp³-hybridized carbons (Fsp3) is 0.438. The maximum atomic E-state index is 10.9. The van der Waals surface area contributed by atoms with Crippen molar-refractivity contribution in [3.8, 4) is 0 Å². The zero-order valence-corrected chi connectivity index (χ0v) is 12.6. The van der Waals surface area contributed by atoms with Gasteiger partial charge in [0.25, 0.3) is 0 Å². The first kappa shape index (κ1) is 17.4. The Balaban J connectivity index is 0.000000741. The van der Waals surface area contributed by atoms with Crippen molar-refractivity contribution in [3.63, 3.8) is 0 Å². The van der Waals surface area contributed by atoms with Crippen LogP contribution in [-0.2, 0) is 4.79 Å². The quantitative estimate of drug-likeness (QED) is 0.834. The molecule has 0 saturated heterocycles. The van der Waals surface area contributed by atoms with Crippen LogP contribution >= 0.6 is 0 Å². The van der Waals surface area contributed by atoms with Crippen molar-refractivity contribution < 1.29 is 9.90 Å².